The molecule has 4 nitrogen and oxygen atoms in total. The number of rotatable bonds is 6. The normalized spacial score (nSPS) is 28.2. The van der Waals surface area contributed by atoms with Crippen LogP contribution in [0.5, 0.6) is 0 Å². The van der Waals surface area contributed by atoms with Crippen molar-refractivity contribution in [2.45, 2.75) is 31.5 Å². The Hall–Kier alpha value is -0.160. The minimum atomic E-state index is 0.0587. The van der Waals surface area contributed by atoms with E-state index in [1.54, 1.807) is 0 Å². The molecule has 0 saturated heterocycles. The summed E-state index contributed by atoms with van der Waals surface area (Å²) in [4.78, 5) is 0. The van der Waals surface area contributed by atoms with Crippen LogP contribution in [0.25, 0.3) is 0 Å². The number of hydrogen-bond donors (Lipinski definition) is 2. The van der Waals surface area contributed by atoms with Gasteiger partial charge >= 0.3 is 0 Å². The Kier molecular flexibility index (Phi) is 5.31. The third-order valence-corrected chi connectivity index (χ3v) is 2.24. The highest BCUT2D eigenvalue weighted by Gasteiger charge is 2.28. The van der Waals surface area contributed by atoms with Gasteiger partial charge in [0.05, 0.1) is 38.6 Å². The maximum atomic E-state index is 8.58. The number of aliphatic hydroxyl groups is 2. The molecule has 0 aromatic carbocycles. The molecule has 2 atom stereocenters. The van der Waals surface area contributed by atoms with Crippen molar-refractivity contribution in [2.24, 2.45) is 0 Å². The van der Waals surface area contributed by atoms with Crippen molar-refractivity contribution in [2.75, 3.05) is 26.4 Å². The molecule has 0 heterocycles. The predicted octanol–water partition coefficient (Wildman–Crippen LogP) is -0.0747. The van der Waals surface area contributed by atoms with Crippen LogP contribution in [-0.4, -0.2) is 48.8 Å². The highest BCUT2D eigenvalue weighted by Crippen LogP contribution is 2.24. The van der Waals surface area contributed by atoms with Gasteiger partial charge in [0.1, 0.15) is 0 Å². The summed E-state index contributed by atoms with van der Waals surface area (Å²) in [6.45, 7) is 0.875. The van der Waals surface area contributed by atoms with E-state index in [2.05, 4.69) is 0 Å². The van der Waals surface area contributed by atoms with Gasteiger partial charge in [0, 0.05) is 0 Å². The number of ether oxygens (including phenoxy) is 2. The van der Waals surface area contributed by atoms with E-state index in [4.69, 9.17) is 19.7 Å². The Morgan fingerprint density at radius 3 is 1.77 bits per heavy atom. The van der Waals surface area contributed by atoms with E-state index >= 15 is 0 Å². The molecule has 1 aliphatic rings. The van der Waals surface area contributed by atoms with Gasteiger partial charge in [-0.25, -0.2) is 0 Å². The van der Waals surface area contributed by atoms with Gasteiger partial charge < -0.3 is 19.7 Å². The van der Waals surface area contributed by atoms with Crippen LogP contribution < -0.4 is 0 Å². The lowest BCUT2D eigenvalue weighted by Crippen LogP contribution is -2.28. The largest absolute Gasteiger partial charge is 0.394 e. The maximum Gasteiger partial charge on any atom is 0.0837 e. The average Bonchev–Trinajstić information content (AvgIpc) is 2.59. The van der Waals surface area contributed by atoms with Crippen molar-refractivity contribution < 1.29 is 19.7 Å². The first-order chi connectivity index (χ1) is 6.38. The lowest BCUT2D eigenvalue weighted by Gasteiger charge is -2.19. The van der Waals surface area contributed by atoms with Crippen LogP contribution in [0.3, 0.4) is 0 Å². The Morgan fingerprint density at radius 1 is 0.923 bits per heavy atom. The Balaban J connectivity index is 2.18. The molecule has 0 unspecified atom stereocenters. The summed E-state index contributed by atoms with van der Waals surface area (Å²) in [5.41, 5.74) is 0. The third-order valence-electron chi connectivity index (χ3n) is 2.24. The van der Waals surface area contributed by atoms with Crippen LogP contribution in [0.2, 0.25) is 0 Å². The molecule has 0 radical (unpaired) electrons. The molecule has 1 rings (SSSR count). The highest BCUT2D eigenvalue weighted by atomic mass is 16.5. The predicted molar refractivity (Wildman–Crippen MR) is 47.5 cm³/mol. The van der Waals surface area contributed by atoms with Crippen LogP contribution in [0.15, 0.2) is 0 Å². The zero-order valence-electron chi connectivity index (χ0n) is 7.82. The van der Waals surface area contributed by atoms with Crippen molar-refractivity contribution in [1.82, 2.24) is 0 Å². The van der Waals surface area contributed by atoms with Crippen LogP contribution in [0.4, 0.5) is 0 Å². The molecule has 0 spiro atoms. The van der Waals surface area contributed by atoms with E-state index < -0.39 is 0 Å². The van der Waals surface area contributed by atoms with Crippen LogP contribution in [0, 0.1) is 0 Å². The molecule has 1 fully saturated rings. The molecule has 0 bridgehead atoms. The SMILES string of the molecule is OCCO[C@@H]1CCC[C@H]1OCCO. The van der Waals surface area contributed by atoms with Gasteiger partial charge in [-0.05, 0) is 19.3 Å². The van der Waals surface area contributed by atoms with Gasteiger partial charge in [-0.1, -0.05) is 0 Å². The summed E-state index contributed by atoms with van der Waals surface area (Å²) in [7, 11) is 0. The summed E-state index contributed by atoms with van der Waals surface area (Å²) in [6.07, 6.45) is 3.32. The zero-order chi connectivity index (χ0) is 9.52. The molecule has 1 aliphatic carbocycles. The molecule has 78 valence electrons. The minimum absolute atomic E-state index is 0.0587. The minimum Gasteiger partial charge on any atom is -0.394 e. The Bertz CT molecular complexity index is 115. The summed E-state index contributed by atoms with van der Waals surface area (Å²) in [6, 6.07) is 0. The number of hydrogen-bond acceptors (Lipinski definition) is 4. The molecule has 1 saturated carbocycles. The van der Waals surface area contributed by atoms with Crippen molar-refractivity contribution in [3.05, 3.63) is 0 Å². The van der Waals surface area contributed by atoms with Gasteiger partial charge in [0.2, 0.25) is 0 Å². The van der Waals surface area contributed by atoms with Gasteiger partial charge in [0.25, 0.3) is 0 Å². The smallest absolute Gasteiger partial charge is 0.0837 e. The Morgan fingerprint density at radius 2 is 1.38 bits per heavy atom. The zero-order valence-corrected chi connectivity index (χ0v) is 7.82. The first-order valence-electron chi connectivity index (χ1n) is 4.83. The summed E-state index contributed by atoms with van der Waals surface area (Å²) < 4.78 is 10.8. The average molecular weight is 190 g/mol. The third kappa shape index (κ3) is 3.60. The maximum absolute atomic E-state index is 8.58. The molecular weight excluding hydrogens is 172 g/mol. The molecule has 13 heavy (non-hydrogen) atoms. The molecule has 0 aliphatic heterocycles. The van der Waals surface area contributed by atoms with Crippen molar-refractivity contribution in [3.63, 3.8) is 0 Å². The monoisotopic (exact) mass is 190 g/mol. The summed E-state index contributed by atoms with van der Waals surface area (Å²) in [5, 5.41) is 17.2. The van der Waals surface area contributed by atoms with Crippen LogP contribution in [-0.2, 0) is 9.47 Å². The fourth-order valence-corrected chi connectivity index (χ4v) is 1.68. The summed E-state index contributed by atoms with van der Waals surface area (Å²) in [5.74, 6) is 0. The molecule has 0 aromatic heterocycles. The molecule has 2 N–H and O–H groups in total. The molecule has 0 amide bonds. The summed E-state index contributed by atoms with van der Waals surface area (Å²) >= 11 is 0. The van der Waals surface area contributed by atoms with E-state index in [0.717, 1.165) is 19.3 Å². The van der Waals surface area contributed by atoms with E-state index in [-0.39, 0.29) is 25.4 Å². The highest BCUT2D eigenvalue weighted by molar-refractivity contribution is 4.78. The lowest BCUT2D eigenvalue weighted by atomic mass is 10.2. The van der Waals surface area contributed by atoms with Crippen LogP contribution >= 0.6 is 0 Å². The first-order valence-corrected chi connectivity index (χ1v) is 4.83. The first kappa shape index (κ1) is 10.9. The van der Waals surface area contributed by atoms with Gasteiger partial charge in [-0.3, -0.25) is 0 Å². The van der Waals surface area contributed by atoms with Crippen LogP contribution in [0.1, 0.15) is 19.3 Å². The van der Waals surface area contributed by atoms with Gasteiger partial charge in [0.15, 0.2) is 0 Å². The van der Waals surface area contributed by atoms with Crippen molar-refractivity contribution in [1.29, 1.82) is 0 Å². The lowest BCUT2D eigenvalue weighted by molar-refractivity contribution is -0.0693. The van der Waals surface area contributed by atoms with E-state index in [1.165, 1.54) is 0 Å². The van der Waals surface area contributed by atoms with Gasteiger partial charge in [-0.15, -0.1) is 0 Å². The fourth-order valence-electron chi connectivity index (χ4n) is 1.68. The molecule has 4 heteroatoms. The second-order valence-electron chi connectivity index (χ2n) is 3.20. The van der Waals surface area contributed by atoms with E-state index in [0.29, 0.717) is 13.2 Å². The Labute approximate surface area is 78.5 Å². The van der Waals surface area contributed by atoms with E-state index in [1.807, 2.05) is 0 Å². The van der Waals surface area contributed by atoms with Crippen molar-refractivity contribution in [3.8, 4) is 0 Å². The fraction of sp³-hybridized carbons (Fsp3) is 1.00. The van der Waals surface area contributed by atoms with Crippen molar-refractivity contribution >= 4 is 0 Å². The van der Waals surface area contributed by atoms with E-state index in [9.17, 15) is 0 Å². The molecular formula is C9H18O4. The standard InChI is InChI=1S/C9H18O4/c10-4-6-12-8-2-1-3-9(8)13-7-5-11/h8-11H,1-7H2/t8-,9-/m1/s1. The topological polar surface area (TPSA) is 58.9 Å². The van der Waals surface area contributed by atoms with Gasteiger partial charge in [-0.2, -0.15) is 0 Å². The second kappa shape index (κ2) is 6.32. The quantitative estimate of drug-likeness (QED) is 0.615. The molecule has 0 aromatic rings. The second-order valence-corrected chi connectivity index (χ2v) is 3.20. The number of aliphatic hydroxyl groups excluding tert-OH is 2.